The zero-order valence-electron chi connectivity index (χ0n) is 22.3. The number of rotatable bonds is 6. The predicted octanol–water partition coefficient (Wildman–Crippen LogP) is 6.14. The van der Waals surface area contributed by atoms with E-state index >= 15 is 0 Å². The van der Waals surface area contributed by atoms with Crippen LogP contribution in [0, 0.1) is 23.2 Å². The Hall–Kier alpha value is -1.14. The van der Waals surface area contributed by atoms with Crippen LogP contribution in [0.2, 0.25) is 18.1 Å². The molecule has 7 atom stereocenters. The molecule has 0 aromatic rings. The Bertz CT molecular complexity index is 879. The largest absolute Gasteiger partial charge is 0.547 e. The lowest BCUT2D eigenvalue weighted by Gasteiger charge is -2.61. The van der Waals surface area contributed by atoms with Crippen LogP contribution in [0.1, 0.15) is 60.8 Å². The van der Waals surface area contributed by atoms with Gasteiger partial charge in [0.25, 0.3) is 0 Å². The average molecular weight is 475 g/mol. The van der Waals surface area contributed by atoms with Gasteiger partial charge in [0.2, 0.25) is 8.32 Å². The number of aliphatic hydroxyl groups is 2. The number of methoxy groups -OCH3 is 1. The molecule has 0 heterocycles. The summed E-state index contributed by atoms with van der Waals surface area (Å²) in [6, 6.07) is 0. The number of hydrogen-bond donors (Lipinski definition) is 2. The quantitative estimate of drug-likeness (QED) is 0.358. The highest BCUT2D eigenvalue weighted by Gasteiger charge is 2.67. The number of ether oxygens (including phenoxy) is 1. The smallest absolute Gasteiger partial charge is 0.250 e. The summed E-state index contributed by atoms with van der Waals surface area (Å²) in [5, 5.41) is 23.7. The Morgan fingerprint density at radius 2 is 1.91 bits per heavy atom. The summed E-state index contributed by atoms with van der Waals surface area (Å²) >= 11 is 0. The summed E-state index contributed by atoms with van der Waals surface area (Å²) < 4.78 is 13.0. The van der Waals surface area contributed by atoms with E-state index in [0.29, 0.717) is 12.8 Å². The average Bonchev–Trinajstić information content (AvgIpc) is 3.09. The molecule has 2 N–H and O–H groups in total. The maximum Gasteiger partial charge on any atom is 0.250 e. The molecule has 0 spiro atoms. The number of allylic oxidation sites excluding steroid dienone is 1. The van der Waals surface area contributed by atoms with Gasteiger partial charge in [0, 0.05) is 36.7 Å². The Kier molecular flexibility index (Phi) is 6.82. The van der Waals surface area contributed by atoms with E-state index in [1.807, 2.05) is 13.0 Å². The third kappa shape index (κ3) is 3.83. The molecule has 1 unspecified atom stereocenters. The fourth-order valence-corrected chi connectivity index (χ4v) is 7.80. The minimum Gasteiger partial charge on any atom is -0.547 e. The van der Waals surface area contributed by atoms with Gasteiger partial charge in [-0.3, -0.25) is 0 Å². The molecular weight excluding hydrogens is 428 g/mol. The van der Waals surface area contributed by atoms with E-state index in [1.54, 1.807) is 13.2 Å². The topological polar surface area (TPSA) is 58.9 Å². The van der Waals surface area contributed by atoms with Gasteiger partial charge in [0.15, 0.2) is 0 Å². The van der Waals surface area contributed by atoms with Crippen LogP contribution in [0.4, 0.5) is 0 Å². The Morgan fingerprint density at radius 1 is 1.30 bits per heavy atom. The molecule has 0 amide bonds. The molecule has 1 saturated carbocycles. The SMILES string of the molecule is C=CC[C@]1(O)C(C)=CC(O)[C@H]2CC(O[Si](C)(C)C(C)(C)C)=C3C[C@H](OC)[C@H](C(=C)C)[C@H]3[C@]21C. The van der Waals surface area contributed by atoms with Crippen LogP contribution in [0.15, 0.2) is 47.8 Å². The van der Waals surface area contributed by atoms with Gasteiger partial charge in [-0.25, -0.2) is 0 Å². The van der Waals surface area contributed by atoms with Gasteiger partial charge in [-0.1, -0.05) is 52.0 Å². The molecular formula is C28H46O4Si. The van der Waals surface area contributed by atoms with Crippen molar-refractivity contribution < 1.29 is 19.4 Å². The van der Waals surface area contributed by atoms with Gasteiger partial charge in [-0.15, -0.1) is 6.58 Å². The second-order valence-electron chi connectivity index (χ2n) is 12.4. The standard InChI is InChI=1S/C28H46O4Si/c1-12-13-28(30)18(4)14-21(29)20-16-22(32-33(10,11)26(5,6)7)19-15-23(31-9)24(17(2)3)25(19)27(20,28)8/h12,14,20-21,23-25,29-30H,1-2,13,15-16H2,3-11H3/t20-,21?,23+,24+,25+,27+,28+/m1/s1. The van der Waals surface area contributed by atoms with Gasteiger partial charge in [0.05, 0.1) is 23.6 Å². The molecule has 3 aliphatic carbocycles. The van der Waals surface area contributed by atoms with Gasteiger partial charge < -0.3 is 19.4 Å². The third-order valence-electron chi connectivity index (χ3n) is 9.61. The lowest BCUT2D eigenvalue weighted by Crippen LogP contribution is -2.63. The van der Waals surface area contributed by atoms with Crippen LogP contribution >= 0.6 is 0 Å². The summed E-state index contributed by atoms with van der Waals surface area (Å²) in [7, 11) is -0.330. The van der Waals surface area contributed by atoms with Crippen molar-refractivity contribution >= 4 is 8.32 Å². The highest BCUT2D eigenvalue weighted by Crippen LogP contribution is 2.66. The normalized spacial score (nSPS) is 39.0. The summed E-state index contributed by atoms with van der Waals surface area (Å²) in [5.74, 6) is 0.872. The highest BCUT2D eigenvalue weighted by molar-refractivity contribution is 6.74. The molecule has 33 heavy (non-hydrogen) atoms. The van der Waals surface area contributed by atoms with E-state index in [1.165, 1.54) is 5.57 Å². The van der Waals surface area contributed by atoms with Crippen LogP contribution in [0.25, 0.3) is 0 Å². The molecule has 0 aliphatic heterocycles. The maximum atomic E-state index is 12.3. The number of aliphatic hydroxyl groups excluding tert-OH is 1. The minimum absolute atomic E-state index is 0.0209. The Morgan fingerprint density at radius 3 is 2.39 bits per heavy atom. The minimum atomic E-state index is -2.10. The van der Waals surface area contributed by atoms with Gasteiger partial charge >= 0.3 is 0 Å². The summed E-state index contributed by atoms with van der Waals surface area (Å²) in [6.07, 6.45) is 4.83. The van der Waals surface area contributed by atoms with Crippen LogP contribution in [-0.4, -0.2) is 43.4 Å². The fourth-order valence-electron chi connectivity index (χ4n) is 6.66. The molecule has 0 saturated heterocycles. The van der Waals surface area contributed by atoms with Crippen LogP contribution in [-0.2, 0) is 9.16 Å². The van der Waals surface area contributed by atoms with Crippen molar-refractivity contribution in [1.29, 1.82) is 0 Å². The molecule has 186 valence electrons. The number of hydrogen-bond acceptors (Lipinski definition) is 4. The Balaban J connectivity index is 2.29. The molecule has 5 heteroatoms. The van der Waals surface area contributed by atoms with Gasteiger partial charge in [0.1, 0.15) is 0 Å². The third-order valence-corrected chi connectivity index (χ3v) is 14.0. The van der Waals surface area contributed by atoms with E-state index in [4.69, 9.17) is 9.16 Å². The van der Waals surface area contributed by atoms with Crippen LogP contribution in [0.3, 0.4) is 0 Å². The molecule has 0 radical (unpaired) electrons. The van der Waals surface area contributed by atoms with Crippen molar-refractivity contribution in [2.75, 3.05) is 7.11 Å². The zero-order chi connectivity index (χ0) is 25.1. The van der Waals surface area contributed by atoms with Crippen molar-refractivity contribution in [2.45, 2.75) is 96.7 Å². The molecule has 4 nitrogen and oxygen atoms in total. The molecule has 0 aromatic heterocycles. The van der Waals surface area contributed by atoms with Gasteiger partial charge in [-0.2, -0.15) is 0 Å². The molecule has 1 fully saturated rings. The Labute approximate surface area is 202 Å². The fraction of sp³-hybridized carbons (Fsp3) is 0.714. The second-order valence-corrected chi connectivity index (χ2v) is 17.2. The predicted molar refractivity (Wildman–Crippen MR) is 138 cm³/mol. The van der Waals surface area contributed by atoms with Crippen molar-refractivity contribution in [3.8, 4) is 0 Å². The summed E-state index contributed by atoms with van der Waals surface area (Å²) in [6.45, 7) is 25.8. The molecule has 3 rings (SSSR count). The van der Waals surface area contributed by atoms with E-state index in [2.05, 4.69) is 60.9 Å². The highest BCUT2D eigenvalue weighted by atomic mass is 28.4. The zero-order valence-corrected chi connectivity index (χ0v) is 23.3. The summed E-state index contributed by atoms with van der Waals surface area (Å²) in [5.41, 5.74) is 1.42. The first-order valence-electron chi connectivity index (χ1n) is 12.4. The van der Waals surface area contributed by atoms with E-state index in [9.17, 15) is 10.2 Å². The first kappa shape index (κ1) is 26.5. The van der Waals surface area contributed by atoms with E-state index in [0.717, 1.165) is 23.3 Å². The van der Waals surface area contributed by atoms with Gasteiger partial charge in [-0.05, 0) is 56.0 Å². The van der Waals surface area contributed by atoms with Crippen LogP contribution in [0.5, 0.6) is 0 Å². The van der Waals surface area contributed by atoms with E-state index < -0.39 is 25.4 Å². The number of fused-ring (bicyclic) bond motifs is 3. The lowest BCUT2D eigenvalue weighted by molar-refractivity contribution is -0.153. The first-order valence-corrected chi connectivity index (χ1v) is 15.3. The summed E-state index contributed by atoms with van der Waals surface area (Å²) in [4.78, 5) is 0. The molecule has 0 aromatic carbocycles. The first-order chi connectivity index (χ1) is 15.1. The maximum absolute atomic E-state index is 12.3. The van der Waals surface area contributed by atoms with Crippen LogP contribution < -0.4 is 0 Å². The van der Waals surface area contributed by atoms with Crippen molar-refractivity contribution in [3.63, 3.8) is 0 Å². The van der Waals surface area contributed by atoms with Crippen molar-refractivity contribution in [1.82, 2.24) is 0 Å². The monoisotopic (exact) mass is 474 g/mol. The van der Waals surface area contributed by atoms with Crippen molar-refractivity contribution in [2.24, 2.45) is 23.2 Å². The van der Waals surface area contributed by atoms with E-state index in [-0.39, 0.29) is 28.9 Å². The van der Waals surface area contributed by atoms with Crippen molar-refractivity contribution in [3.05, 3.63) is 47.8 Å². The second kappa shape index (κ2) is 8.51. The molecule has 3 aliphatic rings. The molecule has 0 bridgehead atoms. The lowest BCUT2D eigenvalue weighted by atomic mass is 9.46.